The number of imide groups is 1. The van der Waals surface area contributed by atoms with Crippen molar-refractivity contribution < 1.29 is 19.2 Å². The molecule has 1 aliphatic carbocycles. The van der Waals surface area contributed by atoms with Gasteiger partial charge in [-0.3, -0.25) is 28.8 Å². The maximum Gasteiger partial charge on any atom is 0.264 e. The second-order valence-electron chi connectivity index (χ2n) is 11.1. The first-order valence-electron chi connectivity index (χ1n) is 13.9. The van der Waals surface area contributed by atoms with Crippen LogP contribution in [-0.2, 0) is 16.1 Å². The molecule has 2 N–H and O–H groups in total. The van der Waals surface area contributed by atoms with Crippen molar-refractivity contribution in [2.75, 3.05) is 18.4 Å². The van der Waals surface area contributed by atoms with Gasteiger partial charge in [0.25, 0.3) is 11.8 Å². The second-order valence-corrected chi connectivity index (χ2v) is 11.1. The molecule has 2 aromatic rings. The van der Waals surface area contributed by atoms with Crippen molar-refractivity contribution in [2.24, 2.45) is 5.92 Å². The van der Waals surface area contributed by atoms with Gasteiger partial charge in [-0.1, -0.05) is 25.5 Å². The van der Waals surface area contributed by atoms with Crippen molar-refractivity contribution in [3.63, 3.8) is 0 Å². The van der Waals surface area contributed by atoms with Gasteiger partial charge in [-0.05, 0) is 50.2 Å². The Morgan fingerprint density at radius 1 is 1.08 bits per heavy atom. The molecule has 6 rings (SSSR count). The zero-order chi connectivity index (χ0) is 27.1. The number of fused-ring (bicyclic) bond motifs is 1. The summed E-state index contributed by atoms with van der Waals surface area (Å²) in [6.07, 6.45) is 10.7. The molecular formula is C29H34N6O4. The molecule has 3 fully saturated rings. The van der Waals surface area contributed by atoms with Crippen molar-refractivity contribution >= 4 is 29.3 Å². The summed E-state index contributed by atoms with van der Waals surface area (Å²) in [5.41, 5.74) is 2.70. The number of anilines is 1. The van der Waals surface area contributed by atoms with E-state index < -0.39 is 17.9 Å². The molecule has 3 aliphatic heterocycles. The fraction of sp³-hybridized carbons (Fsp3) is 0.483. The van der Waals surface area contributed by atoms with E-state index in [1.54, 1.807) is 18.2 Å². The van der Waals surface area contributed by atoms with Gasteiger partial charge in [-0.15, -0.1) is 0 Å². The molecule has 10 heteroatoms. The Bertz CT molecular complexity index is 1340. The molecule has 1 aromatic heterocycles. The number of nitrogens with zero attached hydrogens (tertiary/aromatic N) is 4. The Labute approximate surface area is 227 Å². The van der Waals surface area contributed by atoms with E-state index in [1.807, 2.05) is 22.0 Å². The number of carbonyl (C=O) groups is 4. The number of hydrogen-bond acceptors (Lipinski definition) is 6. The average Bonchev–Trinajstić information content (AvgIpc) is 3.59. The molecule has 1 atom stereocenters. The normalized spacial score (nSPS) is 21.8. The number of hydrogen-bond donors (Lipinski definition) is 2. The lowest BCUT2D eigenvalue weighted by atomic mass is 10.0. The van der Waals surface area contributed by atoms with Crippen LogP contribution < -0.4 is 10.6 Å². The molecule has 204 valence electrons. The summed E-state index contributed by atoms with van der Waals surface area (Å²) in [5.74, 6) is -0.230. The zero-order valence-electron chi connectivity index (χ0n) is 22.0. The third-order valence-corrected chi connectivity index (χ3v) is 8.37. The summed E-state index contributed by atoms with van der Waals surface area (Å²) in [4.78, 5) is 54.5. The molecule has 1 unspecified atom stereocenters. The van der Waals surface area contributed by atoms with Crippen molar-refractivity contribution in [1.82, 2.24) is 24.9 Å². The van der Waals surface area contributed by atoms with Crippen LogP contribution in [0.2, 0.25) is 0 Å². The number of piperidine rings is 2. The van der Waals surface area contributed by atoms with E-state index in [4.69, 9.17) is 0 Å². The van der Waals surface area contributed by atoms with Gasteiger partial charge >= 0.3 is 0 Å². The van der Waals surface area contributed by atoms with Gasteiger partial charge in [-0.25, -0.2) is 0 Å². The topological polar surface area (TPSA) is 117 Å². The number of carbonyl (C=O) groups excluding carboxylic acids is 4. The molecular weight excluding hydrogens is 496 g/mol. The maximum absolute atomic E-state index is 13.3. The maximum atomic E-state index is 13.3. The van der Waals surface area contributed by atoms with Crippen LogP contribution in [0, 0.1) is 5.92 Å². The first kappa shape index (κ1) is 25.3. The van der Waals surface area contributed by atoms with Crippen LogP contribution in [0.3, 0.4) is 0 Å². The van der Waals surface area contributed by atoms with E-state index in [0.29, 0.717) is 48.3 Å². The van der Waals surface area contributed by atoms with Crippen LogP contribution in [0.15, 0.2) is 42.9 Å². The van der Waals surface area contributed by atoms with E-state index in [9.17, 15) is 19.2 Å². The van der Waals surface area contributed by atoms with Crippen LogP contribution in [-0.4, -0.2) is 62.3 Å². The molecule has 4 amide bonds. The predicted molar refractivity (Wildman–Crippen MR) is 144 cm³/mol. The summed E-state index contributed by atoms with van der Waals surface area (Å²) in [6, 6.07) is 4.55. The SMILES string of the molecule is C=C1CCC(N2C(=O)c3cccc(NCc4cnn(C5CCN(C(=O)CCC6CC6)CC5)c4)c3C2=O)C(=O)N1. The van der Waals surface area contributed by atoms with Gasteiger partial charge in [0.05, 0.1) is 23.4 Å². The van der Waals surface area contributed by atoms with Gasteiger partial charge < -0.3 is 15.5 Å². The smallest absolute Gasteiger partial charge is 0.264 e. The summed E-state index contributed by atoms with van der Waals surface area (Å²) >= 11 is 0. The average molecular weight is 531 g/mol. The van der Waals surface area contributed by atoms with E-state index >= 15 is 0 Å². The minimum atomic E-state index is -0.839. The van der Waals surface area contributed by atoms with Crippen LogP contribution >= 0.6 is 0 Å². The molecule has 4 heterocycles. The fourth-order valence-electron chi connectivity index (χ4n) is 5.88. The second kappa shape index (κ2) is 10.3. The number of benzene rings is 1. The fourth-order valence-corrected chi connectivity index (χ4v) is 5.88. The molecule has 10 nitrogen and oxygen atoms in total. The quantitative estimate of drug-likeness (QED) is 0.506. The molecule has 4 aliphatic rings. The van der Waals surface area contributed by atoms with E-state index in [1.165, 1.54) is 12.8 Å². The minimum absolute atomic E-state index is 0.248. The number of nitrogens with one attached hydrogen (secondary N) is 2. The van der Waals surface area contributed by atoms with Crippen molar-refractivity contribution in [1.29, 1.82) is 0 Å². The first-order valence-corrected chi connectivity index (χ1v) is 13.9. The molecule has 39 heavy (non-hydrogen) atoms. The highest BCUT2D eigenvalue weighted by Gasteiger charge is 2.45. The summed E-state index contributed by atoms with van der Waals surface area (Å²) < 4.78 is 1.98. The minimum Gasteiger partial charge on any atom is -0.380 e. The predicted octanol–water partition coefficient (Wildman–Crippen LogP) is 3.24. The zero-order valence-corrected chi connectivity index (χ0v) is 22.0. The summed E-state index contributed by atoms with van der Waals surface area (Å²) in [6.45, 7) is 5.73. The van der Waals surface area contributed by atoms with Gasteiger partial charge in [-0.2, -0.15) is 5.10 Å². The highest BCUT2D eigenvalue weighted by atomic mass is 16.2. The largest absolute Gasteiger partial charge is 0.380 e. The number of rotatable bonds is 8. The molecule has 1 aromatic carbocycles. The number of amides is 4. The molecule has 0 spiro atoms. The molecule has 2 saturated heterocycles. The van der Waals surface area contributed by atoms with Gasteiger partial charge in [0.15, 0.2) is 0 Å². The Morgan fingerprint density at radius 2 is 1.87 bits per heavy atom. The number of aromatic nitrogens is 2. The lowest BCUT2D eigenvalue weighted by molar-refractivity contribution is -0.132. The van der Waals surface area contributed by atoms with E-state index in [-0.39, 0.29) is 17.9 Å². The Balaban J connectivity index is 1.07. The van der Waals surface area contributed by atoms with Crippen molar-refractivity contribution in [3.05, 3.63) is 59.6 Å². The third kappa shape index (κ3) is 5.07. The monoisotopic (exact) mass is 530 g/mol. The molecule has 0 radical (unpaired) electrons. The van der Waals surface area contributed by atoms with Gasteiger partial charge in [0, 0.05) is 49.2 Å². The van der Waals surface area contributed by atoms with Crippen molar-refractivity contribution in [3.8, 4) is 0 Å². The first-order chi connectivity index (χ1) is 18.9. The Kier molecular flexibility index (Phi) is 6.70. The number of allylic oxidation sites excluding steroid dienone is 1. The van der Waals surface area contributed by atoms with Gasteiger partial charge in [0.1, 0.15) is 6.04 Å². The standard InChI is InChI=1S/C29H34N6O4/c1-18-5-9-24(27(37)32-18)35-28(38)22-3-2-4-23(26(22)29(35)39)30-15-20-16-31-34(17-20)21-11-13-33(14-12-21)25(36)10-8-19-6-7-19/h2-4,16-17,19,21,24,30H,1,5-15H2,(H,32,37). The van der Waals surface area contributed by atoms with Crippen LogP contribution in [0.4, 0.5) is 5.69 Å². The Morgan fingerprint density at radius 3 is 2.62 bits per heavy atom. The van der Waals surface area contributed by atoms with Crippen LogP contribution in [0.1, 0.15) is 83.7 Å². The van der Waals surface area contributed by atoms with Crippen LogP contribution in [0.5, 0.6) is 0 Å². The van der Waals surface area contributed by atoms with E-state index in [2.05, 4.69) is 22.3 Å². The summed E-state index contributed by atoms with van der Waals surface area (Å²) in [5, 5.41) is 10.5. The highest BCUT2D eigenvalue weighted by Crippen LogP contribution is 2.35. The molecule has 1 saturated carbocycles. The lowest BCUT2D eigenvalue weighted by Gasteiger charge is -2.32. The van der Waals surface area contributed by atoms with E-state index in [0.717, 1.165) is 48.7 Å². The highest BCUT2D eigenvalue weighted by molar-refractivity contribution is 6.25. The number of likely N-dealkylation sites (tertiary alicyclic amines) is 1. The molecule has 0 bridgehead atoms. The Hall–Kier alpha value is -3.95. The summed E-state index contributed by atoms with van der Waals surface area (Å²) in [7, 11) is 0. The lowest BCUT2D eigenvalue weighted by Crippen LogP contribution is -2.51. The van der Waals surface area contributed by atoms with Crippen LogP contribution in [0.25, 0.3) is 0 Å². The van der Waals surface area contributed by atoms with Gasteiger partial charge in [0.2, 0.25) is 11.8 Å². The third-order valence-electron chi connectivity index (χ3n) is 8.37. The van der Waals surface area contributed by atoms with Crippen molar-refractivity contribution in [2.45, 2.75) is 70.0 Å².